The highest BCUT2D eigenvalue weighted by molar-refractivity contribution is 8.26. The fourth-order valence-corrected chi connectivity index (χ4v) is 5.31. The molecule has 0 spiro atoms. The molecular weight excluding hydrogens is 520 g/mol. The number of hydrogen-bond acceptors (Lipinski definition) is 7. The van der Waals surface area contributed by atoms with Crippen molar-refractivity contribution in [1.82, 2.24) is 4.90 Å². The average Bonchev–Trinajstić information content (AvgIpc) is 3.45. The Morgan fingerprint density at radius 1 is 1.28 bits per heavy atom. The van der Waals surface area contributed by atoms with Crippen LogP contribution in [0.25, 0.3) is 6.08 Å². The Balaban J connectivity index is 1.42. The van der Waals surface area contributed by atoms with E-state index in [1.165, 1.54) is 11.8 Å². The quantitative estimate of drug-likeness (QED) is 0.331. The molecule has 0 unspecified atom stereocenters. The van der Waals surface area contributed by atoms with Gasteiger partial charge in [0.2, 0.25) is 0 Å². The van der Waals surface area contributed by atoms with Crippen LogP contribution in [0.2, 0.25) is 5.02 Å². The van der Waals surface area contributed by atoms with Crippen LogP contribution < -0.4 is 14.8 Å². The van der Waals surface area contributed by atoms with Gasteiger partial charge in [-0.2, -0.15) is 0 Å². The largest absolute Gasteiger partial charge is 0.490 e. The van der Waals surface area contributed by atoms with Crippen molar-refractivity contribution in [1.29, 1.82) is 0 Å². The Labute approximate surface area is 225 Å². The number of thiocarbonyl (C=S) groups is 1. The van der Waals surface area contributed by atoms with Crippen LogP contribution in [-0.2, 0) is 14.3 Å². The SMILES string of the molecule is CCOc1cc(/C=C2\SC(=S)N(C[C@H]3CCCO3)C2=O)ccc1OCC(=O)Nc1cc(Cl)ccc1C. The number of rotatable bonds is 9. The minimum atomic E-state index is -0.318. The lowest BCUT2D eigenvalue weighted by molar-refractivity contribution is -0.123. The summed E-state index contributed by atoms with van der Waals surface area (Å²) in [5.74, 6) is 0.472. The molecule has 10 heteroatoms. The van der Waals surface area contributed by atoms with Gasteiger partial charge in [-0.1, -0.05) is 47.7 Å². The van der Waals surface area contributed by atoms with Gasteiger partial charge in [0.25, 0.3) is 11.8 Å². The number of hydrogen-bond donors (Lipinski definition) is 1. The first kappa shape index (κ1) is 26.5. The minimum absolute atomic E-state index is 0.0350. The number of benzene rings is 2. The topological polar surface area (TPSA) is 77.1 Å². The van der Waals surface area contributed by atoms with E-state index in [-0.39, 0.29) is 24.5 Å². The lowest BCUT2D eigenvalue weighted by Gasteiger charge is -2.18. The zero-order chi connectivity index (χ0) is 25.7. The molecular formula is C26H27ClN2O5S2. The van der Waals surface area contributed by atoms with Crippen molar-refractivity contribution in [2.24, 2.45) is 0 Å². The van der Waals surface area contributed by atoms with Crippen molar-refractivity contribution in [3.05, 3.63) is 57.5 Å². The highest BCUT2D eigenvalue weighted by atomic mass is 35.5. The first-order chi connectivity index (χ1) is 17.3. The van der Waals surface area contributed by atoms with Gasteiger partial charge in [-0.05, 0) is 68.2 Å². The van der Waals surface area contributed by atoms with Crippen molar-refractivity contribution >= 4 is 63.5 Å². The van der Waals surface area contributed by atoms with Crippen LogP contribution >= 0.6 is 35.6 Å². The molecule has 0 radical (unpaired) electrons. The number of amides is 2. The summed E-state index contributed by atoms with van der Waals surface area (Å²) < 4.78 is 17.7. The van der Waals surface area contributed by atoms with Crippen LogP contribution in [0, 0.1) is 6.92 Å². The number of carbonyl (C=O) groups is 2. The van der Waals surface area contributed by atoms with Crippen LogP contribution in [0.3, 0.4) is 0 Å². The highest BCUT2D eigenvalue weighted by Crippen LogP contribution is 2.35. The third-order valence-corrected chi connectivity index (χ3v) is 7.29. The second-order valence-corrected chi connectivity index (χ2v) is 10.5. The summed E-state index contributed by atoms with van der Waals surface area (Å²) in [7, 11) is 0. The van der Waals surface area contributed by atoms with Crippen molar-refractivity contribution in [3.63, 3.8) is 0 Å². The molecule has 7 nitrogen and oxygen atoms in total. The van der Waals surface area contributed by atoms with Gasteiger partial charge < -0.3 is 19.5 Å². The van der Waals surface area contributed by atoms with E-state index in [1.807, 2.05) is 26.0 Å². The zero-order valence-electron chi connectivity index (χ0n) is 20.0. The maximum absolute atomic E-state index is 12.9. The van der Waals surface area contributed by atoms with E-state index in [0.29, 0.717) is 44.6 Å². The third kappa shape index (κ3) is 6.59. The number of ether oxygens (including phenoxy) is 3. The van der Waals surface area contributed by atoms with Gasteiger partial charge in [0.05, 0.1) is 24.2 Å². The fraction of sp³-hybridized carbons (Fsp3) is 0.346. The molecule has 1 N–H and O–H groups in total. The predicted octanol–water partition coefficient (Wildman–Crippen LogP) is 5.44. The van der Waals surface area contributed by atoms with E-state index in [4.69, 9.17) is 38.0 Å². The minimum Gasteiger partial charge on any atom is -0.490 e. The first-order valence-electron chi connectivity index (χ1n) is 11.7. The normalized spacial score (nSPS) is 18.7. The fourth-order valence-electron chi connectivity index (χ4n) is 3.86. The predicted molar refractivity (Wildman–Crippen MR) is 147 cm³/mol. The van der Waals surface area contributed by atoms with Crippen LogP contribution in [0.1, 0.15) is 30.9 Å². The Hall–Kier alpha value is -2.59. The maximum Gasteiger partial charge on any atom is 0.266 e. The molecule has 2 heterocycles. The average molecular weight is 547 g/mol. The van der Waals surface area contributed by atoms with Crippen LogP contribution in [0.4, 0.5) is 5.69 Å². The van der Waals surface area contributed by atoms with E-state index < -0.39 is 0 Å². The molecule has 2 fully saturated rings. The molecule has 190 valence electrons. The van der Waals surface area contributed by atoms with Gasteiger partial charge in [-0.3, -0.25) is 14.5 Å². The molecule has 0 aliphatic carbocycles. The van der Waals surface area contributed by atoms with Gasteiger partial charge in [0.1, 0.15) is 4.32 Å². The number of anilines is 1. The molecule has 36 heavy (non-hydrogen) atoms. The number of aryl methyl sites for hydroxylation is 1. The van der Waals surface area contributed by atoms with E-state index >= 15 is 0 Å². The summed E-state index contributed by atoms with van der Waals surface area (Å²) in [6.45, 7) is 5.17. The molecule has 2 aromatic rings. The van der Waals surface area contributed by atoms with Crippen molar-refractivity contribution in [3.8, 4) is 11.5 Å². The number of nitrogens with one attached hydrogen (secondary N) is 1. The number of nitrogens with zero attached hydrogens (tertiary/aromatic N) is 1. The maximum atomic E-state index is 12.9. The van der Waals surface area contributed by atoms with Crippen LogP contribution in [-0.4, -0.2) is 53.5 Å². The Bertz CT molecular complexity index is 1200. The standard InChI is InChI=1S/C26H27ClN2O5S2/c1-3-32-22-11-17(12-23-25(31)29(26(35)36-23)14-19-5-4-10-33-19)7-9-21(22)34-15-24(30)28-20-13-18(27)8-6-16(20)2/h6-9,11-13,19H,3-5,10,14-15H2,1-2H3,(H,28,30)/b23-12-/t19-/m1/s1. The van der Waals surface area contributed by atoms with Crippen LogP contribution in [0.15, 0.2) is 41.3 Å². The van der Waals surface area contributed by atoms with Gasteiger partial charge in [-0.15, -0.1) is 0 Å². The molecule has 1 atom stereocenters. The second-order valence-electron chi connectivity index (χ2n) is 8.36. The Morgan fingerprint density at radius 3 is 2.86 bits per heavy atom. The molecule has 4 rings (SSSR count). The summed E-state index contributed by atoms with van der Waals surface area (Å²) in [5, 5.41) is 3.34. The van der Waals surface area contributed by atoms with E-state index in [1.54, 1.807) is 35.2 Å². The molecule has 0 bridgehead atoms. The molecule has 2 saturated heterocycles. The number of halogens is 1. The van der Waals surface area contributed by atoms with Crippen LogP contribution in [0.5, 0.6) is 11.5 Å². The lowest BCUT2D eigenvalue weighted by atomic mass is 10.1. The third-order valence-electron chi connectivity index (χ3n) is 5.68. The molecule has 2 aliphatic heterocycles. The zero-order valence-corrected chi connectivity index (χ0v) is 22.4. The highest BCUT2D eigenvalue weighted by Gasteiger charge is 2.34. The second kappa shape index (κ2) is 12.1. The van der Waals surface area contributed by atoms with E-state index in [9.17, 15) is 9.59 Å². The molecule has 2 aliphatic rings. The van der Waals surface area contributed by atoms with Crippen molar-refractivity contribution in [2.75, 3.05) is 31.7 Å². The first-order valence-corrected chi connectivity index (χ1v) is 13.3. The smallest absolute Gasteiger partial charge is 0.266 e. The van der Waals surface area contributed by atoms with Crippen molar-refractivity contribution < 1.29 is 23.8 Å². The molecule has 2 aromatic carbocycles. The Kier molecular flexibility index (Phi) is 8.90. The summed E-state index contributed by atoms with van der Waals surface area (Å²) in [6.07, 6.45) is 3.76. The summed E-state index contributed by atoms with van der Waals surface area (Å²) in [6, 6.07) is 10.6. The molecule has 0 aromatic heterocycles. The van der Waals surface area contributed by atoms with E-state index in [0.717, 1.165) is 30.6 Å². The van der Waals surface area contributed by atoms with Gasteiger partial charge in [0.15, 0.2) is 18.1 Å². The number of thioether (sulfide) groups is 1. The molecule has 0 saturated carbocycles. The van der Waals surface area contributed by atoms with E-state index in [2.05, 4.69) is 5.32 Å². The van der Waals surface area contributed by atoms with Gasteiger partial charge >= 0.3 is 0 Å². The molecule has 2 amide bonds. The monoisotopic (exact) mass is 546 g/mol. The summed E-state index contributed by atoms with van der Waals surface area (Å²) in [4.78, 5) is 27.5. The number of carbonyl (C=O) groups excluding carboxylic acids is 2. The summed E-state index contributed by atoms with van der Waals surface area (Å²) >= 11 is 12.7. The van der Waals surface area contributed by atoms with Gasteiger partial charge in [-0.25, -0.2) is 0 Å². The van der Waals surface area contributed by atoms with Gasteiger partial charge in [0, 0.05) is 17.3 Å². The summed E-state index contributed by atoms with van der Waals surface area (Å²) in [5.41, 5.74) is 2.30. The Morgan fingerprint density at radius 2 is 2.11 bits per heavy atom. The van der Waals surface area contributed by atoms with Crippen molar-refractivity contribution in [2.45, 2.75) is 32.8 Å². The lowest BCUT2D eigenvalue weighted by Crippen LogP contribution is -2.35.